The second kappa shape index (κ2) is 3.86. The van der Waals surface area contributed by atoms with Crippen molar-refractivity contribution in [2.75, 3.05) is 13.2 Å². The van der Waals surface area contributed by atoms with Gasteiger partial charge in [0.05, 0.1) is 23.8 Å². The predicted octanol–water partition coefficient (Wildman–Crippen LogP) is 1.60. The van der Waals surface area contributed by atoms with Gasteiger partial charge in [-0.05, 0) is 33.6 Å². The van der Waals surface area contributed by atoms with Crippen LogP contribution >= 0.6 is 0 Å². The SMILES string of the molecule is CC(C)(N)c1cncn1C1(C)CCOCC1. The number of ether oxygens (including phenoxy) is 1. The van der Waals surface area contributed by atoms with E-state index in [0.717, 1.165) is 31.7 Å². The Hall–Kier alpha value is -0.870. The van der Waals surface area contributed by atoms with Crippen LogP contribution in [0.15, 0.2) is 12.5 Å². The number of imidazole rings is 1. The minimum absolute atomic E-state index is 0.0979. The lowest BCUT2D eigenvalue weighted by molar-refractivity contribution is 0.0272. The molecule has 0 radical (unpaired) electrons. The maximum Gasteiger partial charge on any atom is 0.0953 e. The van der Waals surface area contributed by atoms with Gasteiger partial charge in [0.15, 0.2) is 0 Å². The topological polar surface area (TPSA) is 53.1 Å². The van der Waals surface area contributed by atoms with Gasteiger partial charge in [-0.1, -0.05) is 0 Å². The average Bonchev–Trinajstić information content (AvgIpc) is 2.67. The Kier molecular flexibility index (Phi) is 2.80. The quantitative estimate of drug-likeness (QED) is 0.828. The summed E-state index contributed by atoms with van der Waals surface area (Å²) < 4.78 is 7.66. The highest BCUT2D eigenvalue weighted by Crippen LogP contribution is 2.32. The third kappa shape index (κ3) is 1.99. The fraction of sp³-hybridized carbons (Fsp3) is 0.750. The fourth-order valence-corrected chi connectivity index (χ4v) is 2.25. The van der Waals surface area contributed by atoms with Crippen LogP contribution in [0.1, 0.15) is 39.3 Å². The molecule has 16 heavy (non-hydrogen) atoms. The van der Waals surface area contributed by atoms with E-state index in [-0.39, 0.29) is 11.1 Å². The van der Waals surface area contributed by atoms with Gasteiger partial charge in [-0.3, -0.25) is 0 Å². The standard InChI is InChI=1S/C12H21N3O/c1-11(2,13)10-8-14-9-15(10)12(3)4-6-16-7-5-12/h8-9H,4-7,13H2,1-3H3. The lowest BCUT2D eigenvalue weighted by Crippen LogP contribution is -2.41. The van der Waals surface area contributed by atoms with Crippen molar-refractivity contribution in [2.24, 2.45) is 5.73 Å². The Morgan fingerprint density at radius 1 is 1.44 bits per heavy atom. The first-order chi connectivity index (χ1) is 7.43. The zero-order valence-electron chi connectivity index (χ0n) is 10.4. The van der Waals surface area contributed by atoms with Crippen LogP contribution in [-0.4, -0.2) is 22.8 Å². The van der Waals surface area contributed by atoms with Crippen LogP contribution < -0.4 is 5.73 Å². The summed E-state index contributed by atoms with van der Waals surface area (Å²) in [6, 6.07) is 0. The first-order valence-electron chi connectivity index (χ1n) is 5.83. The van der Waals surface area contributed by atoms with Gasteiger partial charge in [-0.2, -0.15) is 0 Å². The zero-order valence-corrected chi connectivity index (χ0v) is 10.4. The molecule has 1 aliphatic heterocycles. The second-order valence-electron chi connectivity index (χ2n) is 5.48. The van der Waals surface area contributed by atoms with Crippen molar-refractivity contribution in [3.05, 3.63) is 18.2 Å². The first kappa shape index (κ1) is 11.6. The molecule has 1 saturated heterocycles. The summed E-state index contributed by atoms with van der Waals surface area (Å²) in [7, 11) is 0. The minimum atomic E-state index is -0.349. The van der Waals surface area contributed by atoms with Gasteiger partial charge in [-0.25, -0.2) is 4.98 Å². The van der Waals surface area contributed by atoms with E-state index < -0.39 is 0 Å². The van der Waals surface area contributed by atoms with E-state index in [1.807, 2.05) is 26.4 Å². The Labute approximate surface area is 96.8 Å². The summed E-state index contributed by atoms with van der Waals surface area (Å²) in [5.74, 6) is 0. The lowest BCUT2D eigenvalue weighted by Gasteiger charge is -2.38. The summed E-state index contributed by atoms with van der Waals surface area (Å²) in [5, 5.41) is 0. The van der Waals surface area contributed by atoms with E-state index in [2.05, 4.69) is 16.5 Å². The summed E-state index contributed by atoms with van der Waals surface area (Å²) in [6.45, 7) is 7.93. The van der Waals surface area contributed by atoms with E-state index in [1.165, 1.54) is 0 Å². The van der Waals surface area contributed by atoms with Gasteiger partial charge in [0.2, 0.25) is 0 Å². The van der Waals surface area contributed by atoms with E-state index >= 15 is 0 Å². The van der Waals surface area contributed by atoms with Crippen LogP contribution in [0.4, 0.5) is 0 Å². The highest BCUT2D eigenvalue weighted by Gasteiger charge is 2.33. The minimum Gasteiger partial charge on any atom is -0.381 e. The van der Waals surface area contributed by atoms with E-state index in [1.54, 1.807) is 0 Å². The Balaban J connectivity index is 2.36. The predicted molar refractivity (Wildman–Crippen MR) is 63.1 cm³/mol. The van der Waals surface area contributed by atoms with Crippen LogP contribution in [-0.2, 0) is 15.8 Å². The molecule has 0 spiro atoms. The monoisotopic (exact) mass is 223 g/mol. The molecule has 0 saturated carbocycles. The van der Waals surface area contributed by atoms with Crippen molar-refractivity contribution in [1.29, 1.82) is 0 Å². The number of hydrogen-bond acceptors (Lipinski definition) is 3. The number of nitrogens with two attached hydrogens (primary N) is 1. The normalized spacial score (nSPS) is 21.0. The molecule has 1 aromatic heterocycles. The molecule has 0 amide bonds. The van der Waals surface area contributed by atoms with Crippen LogP contribution in [0.3, 0.4) is 0 Å². The Morgan fingerprint density at radius 3 is 2.62 bits per heavy atom. The maximum absolute atomic E-state index is 6.18. The van der Waals surface area contributed by atoms with Crippen molar-refractivity contribution < 1.29 is 4.74 Å². The number of aromatic nitrogens is 2. The molecule has 0 bridgehead atoms. The fourth-order valence-electron chi connectivity index (χ4n) is 2.25. The van der Waals surface area contributed by atoms with Gasteiger partial charge < -0.3 is 15.0 Å². The van der Waals surface area contributed by atoms with E-state index in [0.29, 0.717) is 0 Å². The van der Waals surface area contributed by atoms with E-state index in [9.17, 15) is 0 Å². The van der Waals surface area contributed by atoms with Crippen LogP contribution in [0.5, 0.6) is 0 Å². The highest BCUT2D eigenvalue weighted by molar-refractivity contribution is 5.13. The molecule has 2 rings (SSSR count). The average molecular weight is 223 g/mol. The van der Waals surface area contributed by atoms with Gasteiger partial charge >= 0.3 is 0 Å². The molecule has 0 unspecified atom stereocenters. The number of hydrogen-bond donors (Lipinski definition) is 1. The number of nitrogens with zero attached hydrogens (tertiary/aromatic N) is 2. The van der Waals surface area contributed by atoms with Crippen molar-refractivity contribution in [3.63, 3.8) is 0 Å². The smallest absolute Gasteiger partial charge is 0.0953 e. The molecule has 1 aliphatic rings. The van der Waals surface area contributed by atoms with E-state index in [4.69, 9.17) is 10.5 Å². The third-order valence-corrected chi connectivity index (χ3v) is 3.45. The molecule has 1 fully saturated rings. The molecular formula is C12H21N3O. The molecule has 0 aromatic carbocycles. The van der Waals surface area contributed by atoms with Crippen molar-refractivity contribution in [2.45, 2.75) is 44.7 Å². The molecule has 0 aliphatic carbocycles. The molecule has 2 heterocycles. The maximum atomic E-state index is 6.18. The Bertz CT molecular complexity index is 359. The van der Waals surface area contributed by atoms with Crippen LogP contribution in [0.25, 0.3) is 0 Å². The third-order valence-electron chi connectivity index (χ3n) is 3.45. The van der Waals surface area contributed by atoms with Gasteiger partial charge in [0.25, 0.3) is 0 Å². The largest absolute Gasteiger partial charge is 0.381 e. The molecule has 2 N–H and O–H groups in total. The Morgan fingerprint density at radius 2 is 2.06 bits per heavy atom. The van der Waals surface area contributed by atoms with Gasteiger partial charge in [0, 0.05) is 18.8 Å². The number of rotatable bonds is 2. The second-order valence-corrected chi connectivity index (χ2v) is 5.48. The summed E-state index contributed by atoms with van der Waals surface area (Å²) in [4.78, 5) is 4.25. The van der Waals surface area contributed by atoms with Crippen molar-refractivity contribution in [3.8, 4) is 0 Å². The van der Waals surface area contributed by atoms with Gasteiger partial charge in [0.1, 0.15) is 0 Å². The van der Waals surface area contributed by atoms with Crippen molar-refractivity contribution >= 4 is 0 Å². The molecule has 4 heteroatoms. The van der Waals surface area contributed by atoms with Gasteiger partial charge in [-0.15, -0.1) is 0 Å². The molecule has 0 atom stereocenters. The highest BCUT2D eigenvalue weighted by atomic mass is 16.5. The summed E-state index contributed by atoms with van der Waals surface area (Å²) in [6.07, 6.45) is 5.81. The first-order valence-corrected chi connectivity index (χ1v) is 5.83. The molecular weight excluding hydrogens is 202 g/mol. The summed E-state index contributed by atoms with van der Waals surface area (Å²) >= 11 is 0. The lowest BCUT2D eigenvalue weighted by atomic mass is 9.90. The molecule has 90 valence electrons. The molecule has 4 nitrogen and oxygen atoms in total. The molecule has 1 aromatic rings. The van der Waals surface area contributed by atoms with Crippen LogP contribution in [0, 0.1) is 0 Å². The van der Waals surface area contributed by atoms with Crippen molar-refractivity contribution in [1.82, 2.24) is 9.55 Å². The zero-order chi connectivity index (χ0) is 11.8. The van der Waals surface area contributed by atoms with Crippen LogP contribution in [0.2, 0.25) is 0 Å². The summed E-state index contributed by atoms with van der Waals surface area (Å²) in [5.41, 5.74) is 7.02.